The van der Waals surface area contributed by atoms with Crippen LogP contribution in [0.5, 0.6) is 0 Å². The number of rotatable bonds is 4. The Morgan fingerprint density at radius 1 is 1.50 bits per heavy atom. The molecule has 14 heavy (non-hydrogen) atoms. The second-order valence-electron chi connectivity index (χ2n) is 2.47. The highest BCUT2D eigenvalue weighted by molar-refractivity contribution is 5.73. The van der Waals surface area contributed by atoms with Crippen molar-refractivity contribution in [3.8, 4) is 0 Å². The maximum Gasteiger partial charge on any atom is 0.346 e. The summed E-state index contributed by atoms with van der Waals surface area (Å²) in [6.45, 7) is -0.353. The number of para-hydroxylation sites is 1. The number of hydrogen-bond acceptors (Lipinski definition) is 2. The third-order valence-corrected chi connectivity index (χ3v) is 1.49. The lowest BCUT2D eigenvalue weighted by Gasteiger charge is -2.09. The van der Waals surface area contributed by atoms with E-state index in [0.29, 0.717) is 5.69 Å². The molecule has 0 saturated heterocycles. The van der Waals surface area contributed by atoms with Crippen LogP contribution in [0, 0.1) is 0 Å². The van der Waals surface area contributed by atoms with Crippen molar-refractivity contribution in [1.29, 1.82) is 0 Å². The van der Waals surface area contributed by atoms with E-state index in [-0.39, 0.29) is 6.54 Å². The fraction of sp³-hybridized carbons (Fsp3) is 0.125. The summed E-state index contributed by atoms with van der Waals surface area (Å²) < 4.78 is 0. The highest BCUT2D eigenvalue weighted by Crippen LogP contribution is 2.12. The normalized spacial score (nSPS) is 8.86. The topological polar surface area (TPSA) is 89.3 Å². The Balaban J connectivity index is 2.88. The maximum absolute atomic E-state index is 10.4. The van der Waals surface area contributed by atoms with Crippen LogP contribution in [-0.4, -0.2) is 17.6 Å². The first kappa shape index (κ1) is 9.88. The van der Waals surface area contributed by atoms with E-state index in [4.69, 9.17) is 10.6 Å². The molecule has 1 N–H and O–H groups in total. The molecule has 0 atom stereocenters. The molecular formula is C8H8N4O2. The number of hydrogen-bond donors (Lipinski definition) is 1. The van der Waals surface area contributed by atoms with Crippen LogP contribution in [0.15, 0.2) is 35.6 Å². The van der Waals surface area contributed by atoms with E-state index in [1.54, 1.807) is 30.3 Å². The SMILES string of the molecule is [N-]=[N+]=NN(CC(=O)O)c1ccccc1. The molecule has 0 aromatic heterocycles. The van der Waals surface area contributed by atoms with Crippen LogP contribution in [0.3, 0.4) is 0 Å². The van der Waals surface area contributed by atoms with Crippen LogP contribution in [0.4, 0.5) is 5.69 Å². The van der Waals surface area contributed by atoms with Gasteiger partial charge in [-0.05, 0) is 17.4 Å². The van der Waals surface area contributed by atoms with Gasteiger partial charge in [0.1, 0.15) is 5.69 Å². The number of azide groups is 1. The summed E-state index contributed by atoms with van der Waals surface area (Å²) in [5.74, 6) is -1.05. The number of nitrogens with zero attached hydrogens (tertiary/aromatic N) is 4. The van der Waals surface area contributed by atoms with Gasteiger partial charge in [-0.25, -0.2) is 9.80 Å². The first-order valence-corrected chi connectivity index (χ1v) is 3.83. The van der Waals surface area contributed by atoms with Crippen LogP contribution in [0.25, 0.3) is 10.4 Å². The second-order valence-corrected chi connectivity index (χ2v) is 2.47. The molecule has 0 saturated carbocycles. The van der Waals surface area contributed by atoms with Crippen molar-refractivity contribution in [1.82, 2.24) is 0 Å². The smallest absolute Gasteiger partial charge is 0.346 e. The van der Waals surface area contributed by atoms with Gasteiger partial charge in [-0.2, -0.15) is 4.91 Å². The molecule has 0 aliphatic rings. The van der Waals surface area contributed by atoms with Crippen LogP contribution >= 0.6 is 0 Å². The zero-order chi connectivity index (χ0) is 10.4. The third kappa shape index (κ3) is 2.69. The molecule has 0 unspecified atom stereocenters. The third-order valence-electron chi connectivity index (χ3n) is 1.49. The molecular weight excluding hydrogens is 184 g/mol. The molecule has 0 aliphatic carbocycles. The Labute approximate surface area is 80.0 Å². The minimum Gasteiger partial charge on any atom is -0.478 e. The number of aliphatic carboxylic acids is 1. The van der Waals surface area contributed by atoms with Crippen LogP contribution < -0.4 is 5.01 Å². The van der Waals surface area contributed by atoms with Gasteiger partial charge in [0.15, 0.2) is 6.54 Å². The highest BCUT2D eigenvalue weighted by Gasteiger charge is 2.12. The van der Waals surface area contributed by atoms with Crippen molar-refractivity contribution < 1.29 is 9.90 Å². The Morgan fingerprint density at radius 2 is 2.14 bits per heavy atom. The summed E-state index contributed by atoms with van der Waals surface area (Å²) in [4.78, 5) is 13.0. The molecule has 0 fully saturated rings. The van der Waals surface area contributed by atoms with Crippen molar-refractivity contribution in [3.63, 3.8) is 0 Å². The molecule has 72 valence electrons. The van der Waals surface area contributed by atoms with Gasteiger partial charge >= 0.3 is 5.97 Å². The molecule has 1 aromatic rings. The lowest BCUT2D eigenvalue weighted by molar-refractivity contribution is -0.135. The molecule has 0 amide bonds. The van der Waals surface area contributed by atoms with Gasteiger partial charge in [0.05, 0.1) is 0 Å². The first-order valence-electron chi connectivity index (χ1n) is 3.83. The van der Waals surface area contributed by atoms with E-state index in [9.17, 15) is 4.79 Å². The second kappa shape index (κ2) is 4.74. The number of carboxylic acid groups (broad SMARTS) is 1. The summed E-state index contributed by atoms with van der Waals surface area (Å²) in [5.41, 5.74) is 8.78. The molecule has 0 aliphatic heterocycles. The van der Waals surface area contributed by atoms with Crippen molar-refractivity contribution in [2.24, 2.45) is 5.22 Å². The van der Waals surface area contributed by atoms with E-state index in [0.717, 1.165) is 5.01 Å². The van der Waals surface area contributed by atoms with Gasteiger partial charge in [-0.3, -0.25) is 0 Å². The van der Waals surface area contributed by atoms with Gasteiger partial charge in [0.25, 0.3) is 0 Å². The van der Waals surface area contributed by atoms with Gasteiger partial charge in [-0.1, -0.05) is 18.2 Å². The maximum atomic E-state index is 10.4. The van der Waals surface area contributed by atoms with Crippen LogP contribution in [0.1, 0.15) is 0 Å². The molecule has 6 heteroatoms. The first-order chi connectivity index (χ1) is 6.74. The number of carbonyl (C=O) groups is 1. The predicted molar refractivity (Wildman–Crippen MR) is 50.6 cm³/mol. The van der Waals surface area contributed by atoms with Gasteiger partial charge in [0, 0.05) is 0 Å². The molecule has 1 rings (SSSR count). The molecule has 0 spiro atoms. The summed E-state index contributed by atoms with van der Waals surface area (Å²) in [7, 11) is 0. The largest absolute Gasteiger partial charge is 0.478 e. The monoisotopic (exact) mass is 192 g/mol. The fourth-order valence-electron chi connectivity index (χ4n) is 0.951. The Bertz CT molecular complexity index is 359. The van der Waals surface area contributed by atoms with Crippen molar-refractivity contribution in [2.75, 3.05) is 11.6 Å². The van der Waals surface area contributed by atoms with Crippen LogP contribution in [0.2, 0.25) is 0 Å². The Kier molecular flexibility index (Phi) is 3.34. The summed E-state index contributed by atoms with van der Waals surface area (Å²) >= 11 is 0. The quantitative estimate of drug-likeness (QED) is 0.341. The number of anilines is 1. The molecule has 0 heterocycles. The van der Waals surface area contributed by atoms with Gasteiger partial charge in [0.2, 0.25) is 0 Å². The van der Waals surface area contributed by atoms with Crippen molar-refractivity contribution in [2.45, 2.75) is 0 Å². The molecule has 1 aromatic carbocycles. The minimum absolute atomic E-state index is 0.353. The zero-order valence-electron chi connectivity index (χ0n) is 7.24. The van der Waals surface area contributed by atoms with Crippen molar-refractivity contribution in [3.05, 3.63) is 40.8 Å². The van der Waals surface area contributed by atoms with E-state index in [2.05, 4.69) is 10.1 Å². The van der Waals surface area contributed by atoms with E-state index in [1.165, 1.54) is 0 Å². The fourth-order valence-corrected chi connectivity index (χ4v) is 0.951. The predicted octanol–water partition coefficient (Wildman–Crippen LogP) is 1.80. The summed E-state index contributed by atoms with van der Waals surface area (Å²) in [5, 5.41) is 12.9. The molecule has 0 radical (unpaired) electrons. The van der Waals surface area contributed by atoms with Gasteiger partial charge < -0.3 is 5.11 Å². The summed E-state index contributed by atoms with van der Waals surface area (Å²) in [6, 6.07) is 8.59. The lowest BCUT2D eigenvalue weighted by Crippen LogP contribution is -2.23. The zero-order valence-corrected chi connectivity index (χ0v) is 7.24. The molecule has 6 nitrogen and oxygen atoms in total. The molecule has 0 bridgehead atoms. The average molecular weight is 192 g/mol. The Hall–Kier alpha value is -2.20. The number of benzene rings is 1. The minimum atomic E-state index is -1.05. The number of carboxylic acids is 1. The highest BCUT2D eigenvalue weighted by atomic mass is 16.4. The van der Waals surface area contributed by atoms with Gasteiger partial charge in [-0.15, -0.1) is 5.53 Å². The van der Waals surface area contributed by atoms with Crippen molar-refractivity contribution >= 4 is 11.7 Å². The van der Waals surface area contributed by atoms with Crippen LogP contribution in [-0.2, 0) is 4.79 Å². The van der Waals surface area contributed by atoms with E-state index >= 15 is 0 Å². The van der Waals surface area contributed by atoms with E-state index in [1.807, 2.05) is 0 Å². The standard InChI is InChI=1S/C8H8N4O2/c9-10-11-12(6-8(13)14)7-4-2-1-3-5-7/h1-5H,6H2,(H,13,14). The average Bonchev–Trinajstić information content (AvgIpc) is 2.18. The Morgan fingerprint density at radius 3 is 2.64 bits per heavy atom. The lowest BCUT2D eigenvalue weighted by atomic mass is 10.3. The summed E-state index contributed by atoms with van der Waals surface area (Å²) in [6.07, 6.45) is 0. The van der Waals surface area contributed by atoms with E-state index < -0.39 is 5.97 Å².